The van der Waals surface area contributed by atoms with Gasteiger partial charge in [0.15, 0.2) is 0 Å². The predicted octanol–water partition coefficient (Wildman–Crippen LogP) is 2.65. The maximum absolute atomic E-state index is 9.27. The van der Waals surface area contributed by atoms with Crippen LogP contribution in [0.1, 0.15) is 26.7 Å². The minimum atomic E-state index is 0.236. The molecular formula is C12H16N4OS. The molecule has 1 unspecified atom stereocenters. The van der Waals surface area contributed by atoms with Crippen LogP contribution in [0, 0.1) is 0 Å². The third kappa shape index (κ3) is 3.01. The highest BCUT2D eigenvalue weighted by molar-refractivity contribution is 7.99. The number of hydrogen-bond acceptors (Lipinski definition) is 5. The van der Waals surface area contributed by atoms with Gasteiger partial charge in [0.05, 0.1) is 5.69 Å². The van der Waals surface area contributed by atoms with Crippen LogP contribution >= 0.6 is 11.8 Å². The van der Waals surface area contributed by atoms with Gasteiger partial charge in [0.2, 0.25) is 5.16 Å². The Kier molecular flexibility index (Phi) is 4.19. The minimum absolute atomic E-state index is 0.236. The first kappa shape index (κ1) is 12.9. The second-order valence-electron chi connectivity index (χ2n) is 4.11. The van der Waals surface area contributed by atoms with Crippen molar-refractivity contribution in [2.24, 2.45) is 0 Å². The number of nitrogens with zero attached hydrogens (tertiary/aromatic N) is 4. The zero-order valence-electron chi connectivity index (χ0n) is 10.4. The van der Waals surface area contributed by atoms with Crippen LogP contribution in [-0.2, 0) is 0 Å². The zero-order chi connectivity index (χ0) is 13.0. The molecule has 0 amide bonds. The van der Waals surface area contributed by atoms with Crippen LogP contribution in [0.25, 0.3) is 5.69 Å². The SMILES string of the molecule is CCCC(C)Sc1nnnn1-c1ccc(O)cc1. The first-order valence-corrected chi connectivity index (χ1v) is 6.83. The molecule has 0 bridgehead atoms. The molecule has 1 N–H and O–H groups in total. The summed E-state index contributed by atoms with van der Waals surface area (Å²) in [5.41, 5.74) is 0.851. The molecule has 1 heterocycles. The summed E-state index contributed by atoms with van der Waals surface area (Å²) in [5.74, 6) is 0.236. The van der Waals surface area contributed by atoms with Crippen molar-refractivity contribution in [2.75, 3.05) is 0 Å². The van der Waals surface area contributed by atoms with Crippen molar-refractivity contribution in [1.82, 2.24) is 20.2 Å². The molecule has 0 aliphatic rings. The first-order chi connectivity index (χ1) is 8.70. The molecule has 0 spiro atoms. The van der Waals surface area contributed by atoms with E-state index < -0.39 is 0 Å². The topological polar surface area (TPSA) is 63.8 Å². The standard InChI is InChI=1S/C12H16N4OS/c1-3-4-9(2)18-12-13-14-15-16(12)10-5-7-11(17)8-6-10/h5-9,17H,3-4H2,1-2H3. The maximum atomic E-state index is 9.27. The predicted molar refractivity (Wildman–Crippen MR) is 71.0 cm³/mol. The summed E-state index contributed by atoms with van der Waals surface area (Å²) in [6, 6.07) is 6.84. The molecule has 1 aromatic carbocycles. The van der Waals surface area contributed by atoms with Crippen molar-refractivity contribution in [3.8, 4) is 11.4 Å². The van der Waals surface area contributed by atoms with E-state index in [0.29, 0.717) is 5.25 Å². The van der Waals surface area contributed by atoms with E-state index in [0.717, 1.165) is 23.7 Å². The van der Waals surface area contributed by atoms with Crippen molar-refractivity contribution in [3.63, 3.8) is 0 Å². The average molecular weight is 264 g/mol. The molecule has 0 saturated carbocycles. The van der Waals surface area contributed by atoms with Gasteiger partial charge in [0, 0.05) is 5.25 Å². The zero-order valence-corrected chi connectivity index (χ0v) is 11.3. The number of hydrogen-bond donors (Lipinski definition) is 1. The second-order valence-corrected chi connectivity index (χ2v) is 5.51. The number of phenolic OH excluding ortho intramolecular Hbond substituents is 1. The Morgan fingerprint density at radius 1 is 1.33 bits per heavy atom. The second kappa shape index (κ2) is 5.86. The fourth-order valence-corrected chi connectivity index (χ4v) is 2.69. The van der Waals surface area contributed by atoms with Crippen LogP contribution in [0.5, 0.6) is 5.75 Å². The lowest BCUT2D eigenvalue weighted by atomic mass is 10.3. The Hall–Kier alpha value is -1.56. The van der Waals surface area contributed by atoms with Crippen molar-refractivity contribution >= 4 is 11.8 Å². The summed E-state index contributed by atoms with van der Waals surface area (Å²) in [6.07, 6.45) is 2.28. The summed E-state index contributed by atoms with van der Waals surface area (Å²) in [5, 5.41) is 22.3. The number of benzene rings is 1. The normalized spacial score (nSPS) is 12.6. The number of aromatic nitrogens is 4. The van der Waals surface area contributed by atoms with E-state index in [9.17, 15) is 5.11 Å². The minimum Gasteiger partial charge on any atom is -0.508 e. The molecule has 0 saturated heterocycles. The molecule has 96 valence electrons. The van der Waals surface area contributed by atoms with E-state index in [4.69, 9.17) is 0 Å². The molecule has 2 aromatic rings. The van der Waals surface area contributed by atoms with Crippen molar-refractivity contribution in [2.45, 2.75) is 37.1 Å². The van der Waals surface area contributed by atoms with Gasteiger partial charge in [-0.25, -0.2) is 0 Å². The van der Waals surface area contributed by atoms with E-state index >= 15 is 0 Å². The molecule has 1 atom stereocenters. The van der Waals surface area contributed by atoms with Crippen molar-refractivity contribution in [1.29, 1.82) is 0 Å². The molecule has 0 aliphatic carbocycles. The van der Waals surface area contributed by atoms with Crippen LogP contribution in [0.4, 0.5) is 0 Å². The van der Waals surface area contributed by atoms with Crippen LogP contribution in [0.15, 0.2) is 29.4 Å². The van der Waals surface area contributed by atoms with Gasteiger partial charge >= 0.3 is 0 Å². The number of aromatic hydroxyl groups is 1. The van der Waals surface area contributed by atoms with Crippen LogP contribution in [0.3, 0.4) is 0 Å². The largest absolute Gasteiger partial charge is 0.508 e. The first-order valence-electron chi connectivity index (χ1n) is 5.95. The van der Waals surface area contributed by atoms with Gasteiger partial charge in [0.1, 0.15) is 5.75 Å². The van der Waals surface area contributed by atoms with Gasteiger partial charge in [-0.1, -0.05) is 32.0 Å². The summed E-state index contributed by atoms with van der Waals surface area (Å²) in [7, 11) is 0. The third-order valence-corrected chi connectivity index (χ3v) is 3.64. The van der Waals surface area contributed by atoms with Crippen molar-refractivity contribution < 1.29 is 5.11 Å². The van der Waals surface area contributed by atoms with Crippen molar-refractivity contribution in [3.05, 3.63) is 24.3 Å². The molecule has 0 radical (unpaired) electrons. The van der Waals surface area contributed by atoms with E-state index in [1.807, 2.05) is 0 Å². The molecule has 0 aliphatic heterocycles. The highest BCUT2D eigenvalue weighted by Gasteiger charge is 2.12. The number of rotatable bonds is 5. The van der Waals surface area contributed by atoms with Gasteiger partial charge in [-0.15, -0.1) is 5.10 Å². The molecule has 1 aromatic heterocycles. The monoisotopic (exact) mass is 264 g/mol. The smallest absolute Gasteiger partial charge is 0.214 e. The highest BCUT2D eigenvalue weighted by Crippen LogP contribution is 2.25. The van der Waals surface area contributed by atoms with E-state index in [2.05, 4.69) is 29.4 Å². The third-order valence-electron chi connectivity index (χ3n) is 2.54. The van der Waals surface area contributed by atoms with Crippen LogP contribution in [0.2, 0.25) is 0 Å². The average Bonchev–Trinajstić information content (AvgIpc) is 2.78. The Morgan fingerprint density at radius 2 is 2.06 bits per heavy atom. The number of phenols is 1. The van der Waals surface area contributed by atoms with Gasteiger partial charge < -0.3 is 5.11 Å². The summed E-state index contributed by atoms with van der Waals surface area (Å²) < 4.78 is 1.69. The molecule has 0 fully saturated rings. The van der Waals surface area contributed by atoms with Gasteiger partial charge in [-0.05, 0) is 41.1 Å². The summed E-state index contributed by atoms with van der Waals surface area (Å²) >= 11 is 1.66. The number of tetrazole rings is 1. The van der Waals surface area contributed by atoms with E-state index in [-0.39, 0.29) is 5.75 Å². The Balaban J connectivity index is 2.19. The fourth-order valence-electron chi connectivity index (χ4n) is 1.65. The Bertz CT molecular complexity index is 497. The molecule has 18 heavy (non-hydrogen) atoms. The van der Waals surface area contributed by atoms with Gasteiger partial charge in [-0.3, -0.25) is 0 Å². The lowest BCUT2D eigenvalue weighted by molar-refractivity contribution is 0.475. The van der Waals surface area contributed by atoms with Gasteiger partial charge in [-0.2, -0.15) is 4.68 Å². The molecule has 2 rings (SSSR count). The lowest BCUT2D eigenvalue weighted by Gasteiger charge is -2.09. The fraction of sp³-hybridized carbons (Fsp3) is 0.417. The van der Waals surface area contributed by atoms with Crippen LogP contribution in [-0.4, -0.2) is 30.6 Å². The van der Waals surface area contributed by atoms with E-state index in [1.165, 1.54) is 0 Å². The quantitative estimate of drug-likeness (QED) is 0.841. The summed E-state index contributed by atoms with van der Waals surface area (Å²) in [6.45, 7) is 4.34. The molecule has 6 heteroatoms. The molecular weight excluding hydrogens is 248 g/mol. The maximum Gasteiger partial charge on any atom is 0.214 e. The Labute approximate surface area is 110 Å². The number of thioether (sulfide) groups is 1. The highest BCUT2D eigenvalue weighted by atomic mass is 32.2. The van der Waals surface area contributed by atoms with Gasteiger partial charge in [0.25, 0.3) is 0 Å². The lowest BCUT2D eigenvalue weighted by Crippen LogP contribution is -2.02. The summed E-state index contributed by atoms with van der Waals surface area (Å²) in [4.78, 5) is 0. The Morgan fingerprint density at radius 3 is 2.72 bits per heavy atom. The van der Waals surface area contributed by atoms with Crippen LogP contribution < -0.4 is 0 Å². The molecule has 5 nitrogen and oxygen atoms in total. The van der Waals surface area contributed by atoms with E-state index in [1.54, 1.807) is 40.7 Å².